The molecule has 1 N–H and O–H groups in total. The van der Waals surface area contributed by atoms with Crippen LogP contribution in [-0.4, -0.2) is 58.8 Å². The third-order valence-corrected chi connectivity index (χ3v) is 8.23. The highest BCUT2D eigenvalue weighted by Gasteiger charge is 2.41. The van der Waals surface area contributed by atoms with E-state index in [9.17, 15) is 23.2 Å². The lowest BCUT2D eigenvalue weighted by Crippen LogP contribution is -2.57. The number of ether oxygens (including phenoxy) is 1. The van der Waals surface area contributed by atoms with Crippen LogP contribution in [-0.2, 0) is 16.1 Å². The van der Waals surface area contributed by atoms with Crippen molar-refractivity contribution in [1.29, 1.82) is 0 Å². The summed E-state index contributed by atoms with van der Waals surface area (Å²) in [7, 11) is 0. The van der Waals surface area contributed by atoms with Crippen LogP contribution in [0, 0.1) is 11.6 Å². The Kier molecular flexibility index (Phi) is 6.18. The van der Waals surface area contributed by atoms with Crippen molar-refractivity contribution in [2.24, 2.45) is 0 Å². The molecule has 2 aromatic rings. The zero-order valence-corrected chi connectivity index (χ0v) is 20.4. The first-order valence-electron chi connectivity index (χ1n) is 13.0. The molecule has 7 nitrogen and oxygen atoms in total. The Hall–Kier alpha value is -3.33. The molecule has 9 heteroatoms. The predicted octanol–water partition coefficient (Wildman–Crippen LogP) is 3.52. The van der Waals surface area contributed by atoms with E-state index in [1.54, 1.807) is 12.1 Å². The molecule has 0 aromatic heterocycles. The maximum Gasteiger partial charge on any atom is 0.255 e. The standard InChI is InChI=1S/C28H29F2N3O4/c29-18-5-7-20(22(30)12-18)17-13-32(14-17)23-3-1-2-4-25(23)37-19-6-8-21-16(11-19)15-33(28(21)36)24-9-10-26(34)31-27(24)35/h5-8,11-12,17,23-25H,1-4,9-10,13-15H2,(H,31,34,35)/t23-,24?,25-/m0/s1. The van der Waals surface area contributed by atoms with Crippen LogP contribution in [0.3, 0.4) is 0 Å². The van der Waals surface area contributed by atoms with E-state index in [0.717, 1.165) is 37.3 Å². The summed E-state index contributed by atoms with van der Waals surface area (Å²) in [5.74, 6) is -1.24. The molecule has 2 saturated heterocycles. The van der Waals surface area contributed by atoms with Gasteiger partial charge in [-0.3, -0.25) is 24.6 Å². The molecular formula is C28H29F2N3O4. The zero-order valence-electron chi connectivity index (χ0n) is 20.4. The van der Waals surface area contributed by atoms with E-state index in [1.165, 1.54) is 11.0 Å². The molecular weight excluding hydrogens is 480 g/mol. The van der Waals surface area contributed by atoms with E-state index in [4.69, 9.17) is 4.74 Å². The number of piperidine rings is 1. The fraction of sp³-hybridized carbons (Fsp3) is 0.464. The van der Waals surface area contributed by atoms with E-state index >= 15 is 0 Å². The second kappa shape index (κ2) is 9.52. The average Bonchev–Trinajstić information content (AvgIpc) is 3.16. The number of carbonyl (C=O) groups is 3. The van der Waals surface area contributed by atoms with Crippen LogP contribution in [0.15, 0.2) is 36.4 Å². The Morgan fingerprint density at radius 1 is 0.946 bits per heavy atom. The van der Waals surface area contributed by atoms with Crippen molar-refractivity contribution in [2.45, 2.75) is 69.2 Å². The second-order valence-corrected chi connectivity index (χ2v) is 10.5. The first-order valence-corrected chi connectivity index (χ1v) is 13.0. The normalized spacial score (nSPS) is 26.6. The van der Waals surface area contributed by atoms with Crippen molar-refractivity contribution >= 4 is 17.7 Å². The minimum Gasteiger partial charge on any atom is -0.489 e. The summed E-state index contributed by atoms with van der Waals surface area (Å²) in [4.78, 5) is 40.6. The van der Waals surface area contributed by atoms with E-state index in [0.29, 0.717) is 42.9 Å². The SMILES string of the molecule is O=C1CCC(N2Cc3cc(O[C@H]4CCCC[C@@H]4N4CC(c5ccc(F)cc5F)C4)ccc3C2=O)C(=O)N1. The van der Waals surface area contributed by atoms with Crippen LogP contribution in [0.2, 0.25) is 0 Å². The molecule has 3 amide bonds. The van der Waals surface area contributed by atoms with Gasteiger partial charge in [0.1, 0.15) is 29.5 Å². The Balaban J connectivity index is 1.12. The predicted molar refractivity (Wildman–Crippen MR) is 130 cm³/mol. The third kappa shape index (κ3) is 4.50. The topological polar surface area (TPSA) is 79.0 Å². The van der Waals surface area contributed by atoms with Gasteiger partial charge in [0.25, 0.3) is 5.91 Å². The van der Waals surface area contributed by atoms with E-state index in [1.807, 2.05) is 12.1 Å². The van der Waals surface area contributed by atoms with Crippen LogP contribution in [0.5, 0.6) is 5.75 Å². The summed E-state index contributed by atoms with van der Waals surface area (Å²) in [5, 5.41) is 2.33. The number of amides is 3. The van der Waals surface area contributed by atoms with Gasteiger partial charge in [-0.2, -0.15) is 0 Å². The molecule has 3 atom stereocenters. The monoisotopic (exact) mass is 509 g/mol. The van der Waals surface area contributed by atoms with Gasteiger partial charge in [0.15, 0.2) is 0 Å². The quantitative estimate of drug-likeness (QED) is 0.625. The van der Waals surface area contributed by atoms with Crippen LogP contribution < -0.4 is 10.1 Å². The molecule has 3 aliphatic heterocycles. The zero-order chi connectivity index (χ0) is 25.7. The summed E-state index contributed by atoms with van der Waals surface area (Å²) < 4.78 is 34.0. The number of hydrogen-bond acceptors (Lipinski definition) is 5. The smallest absolute Gasteiger partial charge is 0.255 e. The van der Waals surface area contributed by atoms with Gasteiger partial charge in [0.2, 0.25) is 11.8 Å². The molecule has 0 bridgehead atoms. The number of fused-ring (bicyclic) bond motifs is 1. The average molecular weight is 510 g/mol. The van der Waals surface area contributed by atoms with Crippen molar-refractivity contribution < 1.29 is 27.9 Å². The van der Waals surface area contributed by atoms with Gasteiger partial charge in [-0.05, 0) is 61.1 Å². The molecule has 3 heterocycles. The molecule has 194 valence electrons. The van der Waals surface area contributed by atoms with Gasteiger partial charge >= 0.3 is 0 Å². The molecule has 4 aliphatic rings. The molecule has 6 rings (SSSR count). The Labute approximate surface area is 213 Å². The molecule has 1 unspecified atom stereocenters. The maximum absolute atomic E-state index is 14.2. The highest BCUT2D eigenvalue weighted by molar-refractivity contribution is 6.05. The van der Waals surface area contributed by atoms with Crippen LogP contribution in [0.4, 0.5) is 8.78 Å². The number of carbonyl (C=O) groups excluding carboxylic acids is 3. The Bertz CT molecular complexity index is 1260. The van der Waals surface area contributed by atoms with Crippen LogP contribution >= 0.6 is 0 Å². The summed E-state index contributed by atoms with van der Waals surface area (Å²) >= 11 is 0. The minimum atomic E-state index is -0.644. The second-order valence-electron chi connectivity index (χ2n) is 10.5. The van der Waals surface area contributed by atoms with Gasteiger partial charge in [-0.25, -0.2) is 8.78 Å². The first-order chi connectivity index (χ1) is 17.9. The molecule has 2 aromatic carbocycles. The largest absolute Gasteiger partial charge is 0.489 e. The number of imide groups is 1. The van der Waals surface area contributed by atoms with E-state index in [2.05, 4.69) is 10.2 Å². The molecule has 3 fully saturated rings. The summed E-state index contributed by atoms with van der Waals surface area (Å²) in [6.45, 7) is 1.74. The van der Waals surface area contributed by atoms with Gasteiger partial charge in [0.05, 0.1) is 0 Å². The Morgan fingerprint density at radius 2 is 1.76 bits per heavy atom. The lowest BCUT2D eigenvalue weighted by atomic mass is 9.84. The molecule has 1 aliphatic carbocycles. The van der Waals surface area contributed by atoms with Gasteiger partial charge in [-0.1, -0.05) is 12.5 Å². The molecule has 37 heavy (non-hydrogen) atoms. The number of likely N-dealkylation sites (tertiary alicyclic amines) is 1. The van der Waals surface area contributed by atoms with Gasteiger partial charge in [-0.15, -0.1) is 0 Å². The summed E-state index contributed by atoms with van der Waals surface area (Å²) in [6.07, 6.45) is 4.61. The maximum atomic E-state index is 14.2. The number of nitrogens with zero attached hydrogens (tertiary/aromatic N) is 2. The van der Waals surface area contributed by atoms with Crippen molar-refractivity contribution in [1.82, 2.24) is 15.1 Å². The van der Waals surface area contributed by atoms with Crippen LogP contribution in [0.1, 0.15) is 65.9 Å². The number of nitrogens with one attached hydrogen (secondary N) is 1. The number of rotatable bonds is 5. The Morgan fingerprint density at radius 3 is 2.54 bits per heavy atom. The number of benzene rings is 2. The lowest BCUT2D eigenvalue weighted by molar-refractivity contribution is -0.136. The fourth-order valence-corrected chi connectivity index (χ4v) is 6.24. The number of hydrogen-bond donors (Lipinski definition) is 1. The number of halogens is 2. The van der Waals surface area contributed by atoms with Crippen molar-refractivity contribution in [3.63, 3.8) is 0 Å². The van der Waals surface area contributed by atoms with Crippen molar-refractivity contribution in [3.8, 4) is 5.75 Å². The summed E-state index contributed by atoms with van der Waals surface area (Å²) in [6, 6.07) is 8.83. The highest BCUT2D eigenvalue weighted by Crippen LogP contribution is 2.37. The summed E-state index contributed by atoms with van der Waals surface area (Å²) in [5.41, 5.74) is 1.94. The molecule has 0 radical (unpaired) electrons. The first kappa shape index (κ1) is 24.0. The van der Waals surface area contributed by atoms with Gasteiger partial charge in [0, 0.05) is 49.6 Å². The molecule has 1 saturated carbocycles. The van der Waals surface area contributed by atoms with Gasteiger partial charge < -0.3 is 9.64 Å². The van der Waals surface area contributed by atoms with E-state index in [-0.39, 0.29) is 36.3 Å². The molecule has 0 spiro atoms. The van der Waals surface area contributed by atoms with Crippen molar-refractivity contribution in [3.05, 3.63) is 64.7 Å². The van der Waals surface area contributed by atoms with Crippen LogP contribution in [0.25, 0.3) is 0 Å². The highest BCUT2D eigenvalue weighted by atomic mass is 19.1. The fourth-order valence-electron chi connectivity index (χ4n) is 6.24. The lowest BCUT2D eigenvalue weighted by Gasteiger charge is -2.48. The third-order valence-electron chi connectivity index (χ3n) is 8.23. The van der Waals surface area contributed by atoms with E-state index < -0.39 is 23.6 Å². The minimum absolute atomic E-state index is 0.0193. The van der Waals surface area contributed by atoms with Crippen molar-refractivity contribution in [2.75, 3.05) is 13.1 Å².